The monoisotopic (exact) mass is 382 g/mol. The first-order chi connectivity index (χ1) is 12.6. The molecule has 1 saturated carbocycles. The van der Waals surface area contributed by atoms with Gasteiger partial charge in [-0.05, 0) is 38.3 Å². The molecular weight excluding hydrogens is 352 g/mol. The average molecular weight is 383 g/mol. The Bertz CT molecular complexity index is 604. The molecule has 7 nitrogen and oxygen atoms in total. The van der Waals surface area contributed by atoms with E-state index in [4.69, 9.17) is 4.42 Å². The van der Waals surface area contributed by atoms with Gasteiger partial charge in [-0.1, -0.05) is 13.3 Å². The number of nitrogens with zero attached hydrogens (tertiary/aromatic N) is 1. The largest absolute Gasteiger partial charge is 0.459 e. The number of carbonyl (C=O) groups excluding carboxylic acids is 1. The molecule has 2 rings (SSSR count). The van der Waals surface area contributed by atoms with E-state index >= 15 is 0 Å². The second kappa shape index (κ2) is 11.0. The molecule has 1 heterocycles. The fourth-order valence-corrected chi connectivity index (χ4v) is 4.44. The molecule has 26 heavy (non-hydrogen) atoms. The van der Waals surface area contributed by atoms with Crippen LogP contribution in [0.15, 0.2) is 27.8 Å². The summed E-state index contributed by atoms with van der Waals surface area (Å²) in [6.45, 7) is 5.67. The SMILES string of the molecule is CCNC(=NCCNC(=O)c1ccco1)NC1CCCC(S(=O)CC)C1. The maximum absolute atomic E-state index is 12.1. The smallest absolute Gasteiger partial charge is 0.287 e. The number of aliphatic imine (C=N–C) groups is 1. The standard InChI is InChI=1S/C18H30N4O3S/c1-3-19-18(21-11-10-20-17(23)16-9-6-12-25-16)22-14-7-5-8-15(13-14)26(24)4-2/h6,9,12,14-15H,3-5,7-8,10-11,13H2,1-2H3,(H,20,23)(H2,19,21,22). The minimum atomic E-state index is -0.736. The summed E-state index contributed by atoms with van der Waals surface area (Å²) >= 11 is 0. The first-order valence-electron chi connectivity index (χ1n) is 9.37. The molecule has 0 spiro atoms. The number of amides is 1. The van der Waals surface area contributed by atoms with Crippen LogP contribution in [0.4, 0.5) is 0 Å². The van der Waals surface area contributed by atoms with Crippen molar-refractivity contribution in [3.8, 4) is 0 Å². The quantitative estimate of drug-likeness (QED) is 0.361. The van der Waals surface area contributed by atoms with Crippen LogP contribution in [-0.2, 0) is 10.8 Å². The third-order valence-corrected chi connectivity index (χ3v) is 6.12. The molecule has 1 aromatic rings. The molecule has 3 unspecified atom stereocenters. The number of hydrogen-bond donors (Lipinski definition) is 3. The maximum Gasteiger partial charge on any atom is 0.287 e. The molecule has 8 heteroatoms. The number of furan rings is 1. The van der Waals surface area contributed by atoms with Gasteiger partial charge in [-0.15, -0.1) is 0 Å². The van der Waals surface area contributed by atoms with Crippen LogP contribution in [0.2, 0.25) is 0 Å². The van der Waals surface area contributed by atoms with E-state index in [-0.39, 0.29) is 11.2 Å². The van der Waals surface area contributed by atoms with Crippen molar-refractivity contribution in [2.45, 2.75) is 50.8 Å². The van der Waals surface area contributed by atoms with Gasteiger partial charge < -0.3 is 20.4 Å². The zero-order valence-corrected chi connectivity index (χ0v) is 16.4. The van der Waals surface area contributed by atoms with Crippen molar-refractivity contribution < 1.29 is 13.4 Å². The van der Waals surface area contributed by atoms with Crippen LogP contribution in [0, 0.1) is 0 Å². The van der Waals surface area contributed by atoms with Crippen molar-refractivity contribution in [1.29, 1.82) is 0 Å². The Morgan fingerprint density at radius 2 is 2.19 bits per heavy atom. The van der Waals surface area contributed by atoms with Gasteiger partial charge in [0, 0.05) is 40.9 Å². The predicted octanol–water partition coefficient (Wildman–Crippen LogP) is 1.64. The van der Waals surface area contributed by atoms with Crippen molar-refractivity contribution in [3.63, 3.8) is 0 Å². The maximum atomic E-state index is 12.1. The van der Waals surface area contributed by atoms with Gasteiger partial charge in [0.15, 0.2) is 11.7 Å². The van der Waals surface area contributed by atoms with E-state index in [1.807, 2.05) is 13.8 Å². The van der Waals surface area contributed by atoms with Crippen LogP contribution < -0.4 is 16.0 Å². The van der Waals surface area contributed by atoms with Gasteiger partial charge in [0.05, 0.1) is 12.8 Å². The van der Waals surface area contributed by atoms with Gasteiger partial charge in [-0.3, -0.25) is 14.0 Å². The van der Waals surface area contributed by atoms with E-state index in [1.165, 1.54) is 6.26 Å². The fraction of sp³-hybridized carbons (Fsp3) is 0.667. The molecule has 0 aliphatic heterocycles. The highest BCUT2D eigenvalue weighted by molar-refractivity contribution is 7.85. The summed E-state index contributed by atoms with van der Waals surface area (Å²) in [4.78, 5) is 16.3. The first-order valence-corrected chi connectivity index (χ1v) is 10.8. The lowest BCUT2D eigenvalue weighted by atomic mass is 9.95. The number of guanidine groups is 1. The molecule has 3 atom stereocenters. The molecule has 1 amide bonds. The Morgan fingerprint density at radius 1 is 1.35 bits per heavy atom. The highest BCUT2D eigenvalue weighted by Gasteiger charge is 2.26. The lowest BCUT2D eigenvalue weighted by Gasteiger charge is -2.30. The second-order valence-corrected chi connectivity index (χ2v) is 8.30. The Hall–Kier alpha value is -1.83. The number of hydrogen-bond acceptors (Lipinski definition) is 4. The van der Waals surface area contributed by atoms with Gasteiger partial charge in [-0.25, -0.2) is 0 Å². The molecule has 0 saturated heterocycles. The third-order valence-electron chi connectivity index (χ3n) is 4.38. The Morgan fingerprint density at radius 3 is 2.88 bits per heavy atom. The van der Waals surface area contributed by atoms with Gasteiger partial charge in [-0.2, -0.15) is 0 Å². The van der Waals surface area contributed by atoms with Crippen molar-refractivity contribution in [2.24, 2.45) is 4.99 Å². The highest BCUT2D eigenvalue weighted by Crippen LogP contribution is 2.22. The summed E-state index contributed by atoms with van der Waals surface area (Å²) in [5.41, 5.74) is 0. The van der Waals surface area contributed by atoms with Crippen LogP contribution in [-0.4, -0.2) is 52.8 Å². The van der Waals surface area contributed by atoms with E-state index in [1.54, 1.807) is 12.1 Å². The van der Waals surface area contributed by atoms with Gasteiger partial charge in [0.25, 0.3) is 5.91 Å². The van der Waals surface area contributed by atoms with Gasteiger partial charge >= 0.3 is 0 Å². The number of rotatable bonds is 8. The molecule has 1 aliphatic carbocycles. The highest BCUT2D eigenvalue weighted by atomic mass is 32.2. The summed E-state index contributed by atoms with van der Waals surface area (Å²) < 4.78 is 17.1. The van der Waals surface area contributed by atoms with Crippen molar-refractivity contribution >= 4 is 22.7 Å². The van der Waals surface area contributed by atoms with Crippen LogP contribution in [0.25, 0.3) is 0 Å². The summed E-state index contributed by atoms with van der Waals surface area (Å²) in [5, 5.41) is 9.75. The molecule has 0 aromatic carbocycles. The summed E-state index contributed by atoms with van der Waals surface area (Å²) in [7, 11) is -0.736. The third kappa shape index (κ3) is 6.48. The lowest BCUT2D eigenvalue weighted by Crippen LogP contribution is -2.47. The molecule has 3 N–H and O–H groups in total. The Kier molecular flexibility index (Phi) is 8.67. The second-order valence-electron chi connectivity index (χ2n) is 6.29. The topological polar surface area (TPSA) is 95.7 Å². The van der Waals surface area contributed by atoms with Gasteiger partial charge in [0.1, 0.15) is 0 Å². The summed E-state index contributed by atoms with van der Waals surface area (Å²) in [6.07, 6.45) is 5.60. The molecule has 0 radical (unpaired) electrons. The van der Waals surface area contributed by atoms with E-state index in [2.05, 4.69) is 20.9 Å². The lowest BCUT2D eigenvalue weighted by molar-refractivity contribution is 0.0927. The molecule has 1 aromatic heterocycles. The van der Waals surface area contributed by atoms with Crippen molar-refractivity contribution in [3.05, 3.63) is 24.2 Å². The zero-order chi connectivity index (χ0) is 18.8. The predicted molar refractivity (Wildman–Crippen MR) is 105 cm³/mol. The van der Waals surface area contributed by atoms with Crippen LogP contribution in [0.3, 0.4) is 0 Å². The average Bonchev–Trinajstić information content (AvgIpc) is 3.19. The van der Waals surface area contributed by atoms with Crippen LogP contribution in [0.5, 0.6) is 0 Å². The minimum Gasteiger partial charge on any atom is -0.459 e. The number of nitrogens with one attached hydrogen (secondary N) is 3. The number of carbonyl (C=O) groups is 1. The Labute approximate surface area is 157 Å². The normalized spacial score (nSPS) is 21.8. The van der Waals surface area contributed by atoms with Gasteiger partial charge in [0.2, 0.25) is 0 Å². The van der Waals surface area contributed by atoms with Crippen molar-refractivity contribution in [2.75, 3.05) is 25.4 Å². The molecule has 146 valence electrons. The van der Waals surface area contributed by atoms with Crippen LogP contribution in [0.1, 0.15) is 50.1 Å². The zero-order valence-electron chi connectivity index (χ0n) is 15.6. The summed E-state index contributed by atoms with van der Waals surface area (Å²) in [6, 6.07) is 3.60. The van der Waals surface area contributed by atoms with E-state index in [0.29, 0.717) is 24.9 Å². The molecular formula is C18H30N4O3S. The fourth-order valence-electron chi connectivity index (χ4n) is 3.10. The van der Waals surface area contributed by atoms with Crippen LogP contribution >= 0.6 is 0 Å². The molecule has 1 aliphatic rings. The Balaban J connectivity index is 1.80. The minimum absolute atomic E-state index is 0.236. The van der Waals surface area contributed by atoms with E-state index in [9.17, 15) is 9.00 Å². The van der Waals surface area contributed by atoms with E-state index in [0.717, 1.165) is 43.9 Å². The summed E-state index contributed by atoms with van der Waals surface area (Å²) in [5.74, 6) is 1.53. The van der Waals surface area contributed by atoms with Crippen molar-refractivity contribution in [1.82, 2.24) is 16.0 Å². The van der Waals surface area contributed by atoms with E-state index < -0.39 is 10.8 Å². The first kappa shape index (κ1) is 20.5. The molecule has 0 bridgehead atoms. The molecule has 1 fully saturated rings.